The highest BCUT2D eigenvalue weighted by molar-refractivity contribution is 6.31. The maximum atomic E-state index is 12.1. The molecule has 0 aliphatic rings. The fourth-order valence-corrected chi connectivity index (χ4v) is 2.48. The minimum atomic E-state index is -0.443. The van der Waals surface area contributed by atoms with Gasteiger partial charge in [-0.1, -0.05) is 41.9 Å². The molecule has 5 nitrogen and oxygen atoms in total. The van der Waals surface area contributed by atoms with Crippen LogP contribution in [0.25, 0.3) is 0 Å². The van der Waals surface area contributed by atoms with Gasteiger partial charge in [-0.25, -0.2) is 0 Å². The third-order valence-corrected chi connectivity index (χ3v) is 4.07. The zero-order valence-corrected chi connectivity index (χ0v) is 15.2. The van der Waals surface area contributed by atoms with Gasteiger partial charge in [0.2, 0.25) is 0 Å². The molecule has 0 heterocycles. The Morgan fingerprint density at radius 2 is 2.08 bits per heavy atom. The molecule has 0 saturated heterocycles. The van der Waals surface area contributed by atoms with E-state index in [9.17, 15) is 10.1 Å². The number of hydrogen-bond acceptors (Lipinski definition) is 4. The number of nitrogens with zero attached hydrogens (tertiary/aromatic N) is 1. The molecule has 0 spiro atoms. The van der Waals surface area contributed by atoms with Crippen LogP contribution in [0.4, 0.5) is 0 Å². The van der Waals surface area contributed by atoms with Crippen molar-refractivity contribution in [3.63, 3.8) is 0 Å². The number of methoxy groups -OCH3 is 1. The third-order valence-electron chi connectivity index (χ3n) is 3.70. The summed E-state index contributed by atoms with van der Waals surface area (Å²) >= 11 is 6.05. The summed E-state index contributed by atoms with van der Waals surface area (Å²) in [5, 5.41) is 15.4. The number of nitriles is 1. The molecule has 0 aliphatic carbocycles. The lowest BCUT2D eigenvalue weighted by Gasteiger charge is -2.07. The topological polar surface area (TPSA) is 74.1 Å². The minimum absolute atomic E-state index is 0.0164. The van der Waals surface area contributed by atoms with Crippen LogP contribution in [-0.4, -0.2) is 19.6 Å². The van der Waals surface area contributed by atoms with Crippen LogP contribution in [0.3, 0.4) is 0 Å². The van der Waals surface area contributed by atoms with Crippen molar-refractivity contribution in [1.82, 2.24) is 10.6 Å². The molecule has 2 rings (SSSR count). The van der Waals surface area contributed by atoms with E-state index < -0.39 is 5.91 Å². The van der Waals surface area contributed by atoms with Gasteiger partial charge in [-0.3, -0.25) is 4.79 Å². The van der Waals surface area contributed by atoms with E-state index in [4.69, 9.17) is 16.3 Å². The Kier molecular flexibility index (Phi) is 7.53. The largest absolute Gasteiger partial charge is 0.497 e. The van der Waals surface area contributed by atoms with Crippen molar-refractivity contribution in [2.75, 3.05) is 13.7 Å². The van der Waals surface area contributed by atoms with Gasteiger partial charge in [0.25, 0.3) is 5.91 Å². The average molecular weight is 370 g/mol. The second-order valence-electron chi connectivity index (χ2n) is 5.50. The lowest BCUT2D eigenvalue weighted by atomic mass is 10.1. The van der Waals surface area contributed by atoms with E-state index >= 15 is 0 Å². The lowest BCUT2D eigenvalue weighted by Crippen LogP contribution is -2.25. The molecule has 0 aromatic heterocycles. The number of carbonyl (C=O) groups excluding carboxylic acids is 1. The minimum Gasteiger partial charge on any atom is -0.497 e. The van der Waals surface area contributed by atoms with Crippen molar-refractivity contribution >= 4 is 17.5 Å². The van der Waals surface area contributed by atoms with Crippen LogP contribution < -0.4 is 15.4 Å². The molecule has 0 saturated carbocycles. The Morgan fingerprint density at radius 1 is 1.27 bits per heavy atom. The van der Waals surface area contributed by atoms with E-state index in [-0.39, 0.29) is 12.1 Å². The fraction of sp³-hybridized carbons (Fsp3) is 0.200. The van der Waals surface area contributed by atoms with Crippen molar-refractivity contribution in [1.29, 1.82) is 5.26 Å². The monoisotopic (exact) mass is 369 g/mol. The molecule has 2 aromatic rings. The Balaban J connectivity index is 1.84. The summed E-state index contributed by atoms with van der Waals surface area (Å²) in [4.78, 5) is 12.1. The first kappa shape index (κ1) is 19.4. The number of halogens is 1. The second kappa shape index (κ2) is 10.1. The summed E-state index contributed by atoms with van der Waals surface area (Å²) in [6.07, 6.45) is 2.18. The highest BCUT2D eigenvalue weighted by Crippen LogP contribution is 2.14. The fourth-order valence-electron chi connectivity index (χ4n) is 2.28. The van der Waals surface area contributed by atoms with Crippen LogP contribution >= 0.6 is 11.6 Å². The maximum absolute atomic E-state index is 12.1. The molecule has 0 atom stereocenters. The van der Waals surface area contributed by atoms with E-state index in [0.29, 0.717) is 11.6 Å². The smallest absolute Gasteiger partial charge is 0.263 e. The quantitative estimate of drug-likeness (QED) is 0.425. The SMILES string of the molecule is COc1cccc(CCN/C=C(/C#N)C(=O)NCc2ccccc2Cl)c1. The zero-order chi connectivity index (χ0) is 18.8. The Labute approximate surface area is 158 Å². The Morgan fingerprint density at radius 3 is 2.81 bits per heavy atom. The third kappa shape index (κ3) is 5.83. The summed E-state index contributed by atoms with van der Waals surface area (Å²) in [7, 11) is 1.63. The molecule has 0 unspecified atom stereocenters. The van der Waals surface area contributed by atoms with Crippen LogP contribution in [0.5, 0.6) is 5.75 Å². The normalized spacial score (nSPS) is 10.7. The average Bonchev–Trinajstić information content (AvgIpc) is 2.67. The van der Waals surface area contributed by atoms with Gasteiger partial charge >= 0.3 is 0 Å². The van der Waals surface area contributed by atoms with Crippen molar-refractivity contribution in [2.45, 2.75) is 13.0 Å². The number of carbonyl (C=O) groups is 1. The van der Waals surface area contributed by atoms with Gasteiger partial charge in [-0.15, -0.1) is 0 Å². The molecule has 0 fully saturated rings. The summed E-state index contributed by atoms with van der Waals surface area (Å²) < 4.78 is 5.18. The molecule has 0 bridgehead atoms. The molecule has 6 heteroatoms. The van der Waals surface area contributed by atoms with E-state index in [1.54, 1.807) is 13.2 Å². The summed E-state index contributed by atoms with van der Waals surface area (Å²) in [6, 6.07) is 16.9. The summed E-state index contributed by atoms with van der Waals surface area (Å²) in [5.74, 6) is 0.357. The van der Waals surface area contributed by atoms with Crippen LogP contribution in [0.2, 0.25) is 5.02 Å². The van der Waals surface area contributed by atoms with Crippen LogP contribution in [-0.2, 0) is 17.8 Å². The predicted octanol–water partition coefficient (Wildman–Crippen LogP) is 3.20. The van der Waals surface area contributed by atoms with E-state index in [0.717, 1.165) is 23.3 Å². The maximum Gasteiger partial charge on any atom is 0.263 e. The van der Waals surface area contributed by atoms with Gasteiger partial charge in [0.15, 0.2) is 0 Å². The van der Waals surface area contributed by atoms with E-state index in [2.05, 4.69) is 10.6 Å². The van der Waals surface area contributed by atoms with Crippen molar-refractivity contribution in [3.8, 4) is 11.8 Å². The first-order valence-electron chi connectivity index (χ1n) is 8.12. The number of rotatable bonds is 8. The van der Waals surface area contributed by atoms with E-state index in [1.165, 1.54) is 6.20 Å². The highest BCUT2D eigenvalue weighted by Gasteiger charge is 2.09. The van der Waals surface area contributed by atoms with Crippen LogP contribution in [0.1, 0.15) is 11.1 Å². The van der Waals surface area contributed by atoms with Crippen LogP contribution in [0, 0.1) is 11.3 Å². The molecular formula is C20H20ClN3O2. The number of hydrogen-bond donors (Lipinski definition) is 2. The number of benzene rings is 2. The number of amides is 1. The molecule has 0 aliphatic heterocycles. The first-order chi connectivity index (χ1) is 12.6. The van der Waals surface area contributed by atoms with Gasteiger partial charge in [0.1, 0.15) is 17.4 Å². The molecule has 134 valence electrons. The second-order valence-corrected chi connectivity index (χ2v) is 5.91. The van der Waals surface area contributed by atoms with Crippen molar-refractivity contribution in [3.05, 3.63) is 76.5 Å². The zero-order valence-electron chi connectivity index (χ0n) is 14.5. The molecule has 26 heavy (non-hydrogen) atoms. The summed E-state index contributed by atoms with van der Waals surface area (Å²) in [5.41, 5.74) is 1.92. The summed E-state index contributed by atoms with van der Waals surface area (Å²) in [6.45, 7) is 0.859. The number of ether oxygens (including phenoxy) is 1. The van der Waals surface area contributed by atoms with Gasteiger partial charge in [-0.05, 0) is 35.7 Å². The molecular weight excluding hydrogens is 350 g/mol. The Bertz CT molecular complexity index is 828. The highest BCUT2D eigenvalue weighted by atomic mass is 35.5. The van der Waals surface area contributed by atoms with Gasteiger partial charge in [0, 0.05) is 24.3 Å². The Hall–Kier alpha value is -2.97. The molecule has 1 amide bonds. The first-order valence-corrected chi connectivity index (χ1v) is 8.50. The number of nitrogens with one attached hydrogen (secondary N) is 2. The van der Waals surface area contributed by atoms with E-state index in [1.807, 2.05) is 48.5 Å². The van der Waals surface area contributed by atoms with Gasteiger partial charge < -0.3 is 15.4 Å². The van der Waals surface area contributed by atoms with Gasteiger partial charge in [0.05, 0.1) is 7.11 Å². The molecule has 0 radical (unpaired) electrons. The standard InChI is InChI=1S/C20H20ClN3O2/c1-26-18-7-4-5-15(11-18)9-10-23-13-17(12-22)20(25)24-14-16-6-2-3-8-19(16)21/h2-8,11,13,23H,9-10,14H2,1H3,(H,24,25)/b17-13-. The van der Waals surface area contributed by atoms with Crippen molar-refractivity contribution in [2.24, 2.45) is 0 Å². The predicted molar refractivity (Wildman–Crippen MR) is 102 cm³/mol. The van der Waals surface area contributed by atoms with Gasteiger partial charge in [-0.2, -0.15) is 5.26 Å². The molecule has 2 aromatic carbocycles. The van der Waals surface area contributed by atoms with Crippen LogP contribution in [0.15, 0.2) is 60.3 Å². The van der Waals surface area contributed by atoms with Crippen molar-refractivity contribution < 1.29 is 9.53 Å². The lowest BCUT2D eigenvalue weighted by molar-refractivity contribution is -0.117. The molecule has 2 N–H and O–H groups in total.